The molecule has 5 heteroatoms. The molecule has 17 heavy (non-hydrogen) atoms. The van der Waals surface area contributed by atoms with Crippen molar-refractivity contribution in [2.24, 2.45) is 5.92 Å². The molecular formula is C12H20N2O3. The first-order chi connectivity index (χ1) is 8.00. The largest absolute Gasteiger partial charge is 0.383 e. The van der Waals surface area contributed by atoms with Crippen molar-refractivity contribution in [3.63, 3.8) is 0 Å². The van der Waals surface area contributed by atoms with E-state index in [-0.39, 0.29) is 11.8 Å². The molecule has 0 bridgehead atoms. The Bertz CT molecular complexity index is 341. The molecule has 0 aromatic heterocycles. The summed E-state index contributed by atoms with van der Waals surface area (Å²) in [7, 11) is 1.60. The third-order valence-electron chi connectivity index (χ3n) is 3.87. The van der Waals surface area contributed by atoms with Crippen LogP contribution in [0.2, 0.25) is 0 Å². The van der Waals surface area contributed by atoms with Crippen LogP contribution in [0.3, 0.4) is 0 Å². The predicted octanol–water partition coefficient (Wildman–Crippen LogP) is 0.148. The SMILES string of the molecule is COCCN1C(=O)C(C)(C2CC2)NC(=O)C1C. The van der Waals surface area contributed by atoms with Gasteiger partial charge in [0.15, 0.2) is 0 Å². The van der Waals surface area contributed by atoms with Crippen LogP contribution in [0.4, 0.5) is 0 Å². The lowest BCUT2D eigenvalue weighted by Crippen LogP contribution is -2.69. The number of nitrogens with one attached hydrogen (secondary N) is 1. The fourth-order valence-electron chi connectivity index (χ4n) is 2.45. The fourth-order valence-corrected chi connectivity index (χ4v) is 2.45. The van der Waals surface area contributed by atoms with E-state index in [4.69, 9.17) is 4.74 Å². The summed E-state index contributed by atoms with van der Waals surface area (Å²) in [5, 5.41) is 2.89. The molecule has 1 saturated heterocycles. The van der Waals surface area contributed by atoms with Gasteiger partial charge in [0.2, 0.25) is 11.8 Å². The topological polar surface area (TPSA) is 58.6 Å². The normalized spacial score (nSPS) is 33.8. The van der Waals surface area contributed by atoms with E-state index in [0.29, 0.717) is 19.1 Å². The van der Waals surface area contributed by atoms with E-state index in [2.05, 4.69) is 5.32 Å². The number of amides is 2. The maximum absolute atomic E-state index is 12.4. The average Bonchev–Trinajstić information content (AvgIpc) is 3.11. The molecule has 2 fully saturated rings. The van der Waals surface area contributed by atoms with E-state index < -0.39 is 11.6 Å². The van der Waals surface area contributed by atoms with Gasteiger partial charge in [0.05, 0.1) is 6.61 Å². The molecule has 2 aliphatic rings. The van der Waals surface area contributed by atoms with Crippen LogP contribution in [0.15, 0.2) is 0 Å². The Morgan fingerprint density at radius 1 is 1.47 bits per heavy atom. The molecule has 5 nitrogen and oxygen atoms in total. The molecule has 0 spiro atoms. The van der Waals surface area contributed by atoms with Crippen LogP contribution < -0.4 is 5.32 Å². The number of piperazine rings is 1. The van der Waals surface area contributed by atoms with E-state index in [1.165, 1.54) is 0 Å². The minimum Gasteiger partial charge on any atom is -0.383 e. The molecule has 1 saturated carbocycles. The summed E-state index contributed by atoms with van der Waals surface area (Å²) in [6.45, 7) is 4.54. The van der Waals surface area contributed by atoms with E-state index in [9.17, 15) is 9.59 Å². The lowest BCUT2D eigenvalue weighted by molar-refractivity contribution is -0.155. The molecule has 1 N–H and O–H groups in total. The molecule has 0 aromatic carbocycles. The molecule has 1 aliphatic heterocycles. The molecule has 2 atom stereocenters. The van der Waals surface area contributed by atoms with Crippen molar-refractivity contribution in [2.75, 3.05) is 20.3 Å². The predicted molar refractivity (Wildman–Crippen MR) is 62.3 cm³/mol. The summed E-state index contributed by atoms with van der Waals surface area (Å²) < 4.78 is 5.00. The molecule has 2 unspecified atom stereocenters. The van der Waals surface area contributed by atoms with Crippen molar-refractivity contribution in [1.82, 2.24) is 10.2 Å². The van der Waals surface area contributed by atoms with Gasteiger partial charge in [-0.25, -0.2) is 0 Å². The highest BCUT2D eigenvalue weighted by Crippen LogP contribution is 2.42. The second-order valence-electron chi connectivity index (χ2n) is 5.13. The van der Waals surface area contributed by atoms with Crippen molar-refractivity contribution in [3.8, 4) is 0 Å². The number of carbonyl (C=O) groups excluding carboxylic acids is 2. The molecule has 96 valence electrons. The Morgan fingerprint density at radius 3 is 2.65 bits per heavy atom. The van der Waals surface area contributed by atoms with Gasteiger partial charge in [0.1, 0.15) is 11.6 Å². The number of carbonyl (C=O) groups is 2. The van der Waals surface area contributed by atoms with E-state index >= 15 is 0 Å². The number of ether oxygens (including phenoxy) is 1. The quantitative estimate of drug-likeness (QED) is 0.761. The first-order valence-electron chi connectivity index (χ1n) is 6.12. The minimum atomic E-state index is -0.697. The average molecular weight is 240 g/mol. The van der Waals surface area contributed by atoms with Crippen molar-refractivity contribution in [1.29, 1.82) is 0 Å². The molecular weight excluding hydrogens is 220 g/mol. The van der Waals surface area contributed by atoms with Crippen LogP contribution in [-0.4, -0.2) is 48.6 Å². The van der Waals surface area contributed by atoms with Crippen LogP contribution >= 0.6 is 0 Å². The molecule has 1 heterocycles. The third kappa shape index (κ3) is 2.04. The summed E-state index contributed by atoms with van der Waals surface area (Å²) in [6, 6.07) is -0.399. The number of nitrogens with zero attached hydrogens (tertiary/aromatic N) is 1. The second kappa shape index (κ2) is 4.29. The van der Waals surface area contributed by atoms with Crippen molar-refractivity contribution >= 4 is 11.8 Å². The fraction of sp³-hybridized carbons (Fsp3) is 0.833. The summed E-state index contributed by atoms with van der Waals surface area (Å²) in [5.74, 6) is 0.274. The Balaban J connectivity index is 2.17. The molecule has 2 amide bonds. The lowest BCUT2D eigenvalue weighted by atomic mass is 9.90. The Morgan fingerprint density at radius 2 is 2.12 bits per heavy atom. The molecule has 0 radical (unpaired) electrons. The van der Waals surface area contributed by atoms with Gasteiger partial charge in [0.25, 0.3) is 0 Å². The molecule has 1 aliphatic carbocycles. The summed E-state index contributed by atoms with van der Waals surface area (Å²) in [5.41, 5.74) is -0.697. The zero-order chi connectivity index (χ0) is 12.6. The van der Waals surface area contributed by atoms with Gasteiger partial charge in [-0.3, -0.25) is 9.59 Å². The van der Waals surface area contributed by atoms with Gasteiger partial charge in [-0.1, -0.05) is 0 Å². The summed E-state index contributed by atoms with van der Waals surface area (Å²) in [4.78, 5) is 26.0. The summed E-state index contributed by atoms with van der Waals surface area (Å²) in [6.07, 6.45) is 2.05. The van der Waals surface area contributed by atoms with Gasteiger partial charge in [0, 0.05) is 13.7 Å². The Kier molecular flexibility index (Phi) is 3.12. The second-order valence-corrected chi connectivity index (χ2v) is 5.13. The maximum atomic E-state index is 12.4. The monoisotopic (exact) mass is 240 g/mol. The Labute approximate surface area is 101 Å². The first kappa shape index (κ1) is 12.4. The van der Waals surface area contributed by atoms with Gasteiger partial charge in [-0.05, 0) is 32.6 Å². The van der Waals surface area contributed by atoms with E-state index in [1.54, 1.807) is 18.9 Å². The van der Waals surface area contributed by atoms with Crippen LogP contribution in [0.5, 0.6) is 0 Å². The van der Waals surface area contributed by atoms with E-state index in [0.717, 1.165) is 12.8 Å². The van der Waals surface area contributed by atoms with Gasteiger partial charge in [-0.15, -0.1) is 0 Å². The number of hydrogen-bond donors (Lipinski definition) is 1. The van der Waals surface area contributed by atoms with Gasteiger partial charge < -0.3 is 15.0 Å². The van der Waals surface area contributed by atoms with Crippen molar-refractivity contribution < 1.29 is 14.3 Å². The van der Waals surface area contributed by atoms with Crippen LogP contribution in [-0.2, 0) is 14.3 Å². The number of methoxy groups -OCH3 is 1. The smallest absolute Gasteiger partial charge is 0.249 e. The van der Waals surface area contributed by atoms with Crippen molar-refractivity contribution in [3.05, 3.63) is 0 Å². The van der Waals surface area contributed by atoms with Gasteiger partial charge >= 0.3 is 0 Å². The zero-order valence-electron chi connectivity index (χ0n) is 10.7. The van der Waals surface area contributed by atoms with Crippen LogP contribution in [0.25, 0.3) is 0 Å². The maximum Gasteiger partial charge on any atom is 0.249 e. The third-order valence-corrected chi connectivity index (χ3v) is 3.87. The number of hydrogen-bond acceptors (Lipinski definition) is 3. The highest BCUT2D eigenvalue weighted by Gasteiger charge is 2.54. The van der Waals surface area contributed by atoms with E-state index in [1.807, 2.05) is 6.92 Å². The van der Waals surface area contributed by atoms with Gasteiger partial charge in [-0.2, -0.15) is 0 Å². The summed E-state index contributed by atoms with van der Waals surface area (Å²) >= 11 is 0. The zero-order valence-corrected chi connectivity index (χ0v) is 10.7. The minimum absolute atomic E-state index is 0.0316. The highest BCUT2D eigenvalue weighted by atomic mass is 16.5. The number of rotatable bonds is 4. The highest BCUT2D eigenvalue weighted by molar-refractivity contribution is 5.99. The standard InChI is InChI=1S/C12H20N2O3/c1-8-10(15)13-12(2,9-4-5-9)11(16)14(8)6-7-17-3/h8-9H,4-7H2,1-3H3,(H,13,15). The molecule has 2 rings (SSSR count). The van der Waals surface area contributed by atoms with Crippen LogP contribution in [0.1, 0.15) is 26.7 Å². The molecule has 0 aromatic rings. The Hall–Kier alpha value is -1.10. The van der Waals surface area contributed by atoms with Crippen LogP contribution in [0, 0.1) is 5.92 Å². The lowest BCUT2D eigenvalue weighted by Gasteiger charge is -2.43. The first-order valence-corrected chi connectivity index (χ1v) is 6.12. The van der Waals surface area contributed by atoms with Crippen molar-refractivity contribution in [2.45, 2.75) is 38.3 Å².